The van der Waals surface area contributed by atoms with Crippen molar-refractivity contribution in [1.29, 1.82) is 0 Å². The maximum atomic E-state index is 3.04. The molecule has 0 aliphatic heterocycles. The van der Waals surface area contributed by atoms with E-state index >= 15 is 0 Å². The number of nitrogens with zero attached hydrogens (tertiary/aromatic N) is 4. The standard InChI is InChI=1S/C24H56GeN4/c1-9-17-26(18-10-2)25(27(19-11-3)20-12-4,28(21-13-5)22-14-6)29(23-15-7)24-16-8/h9-24H2,1-8H3. The third kappa shape index (κ3) is 8.44. The molecule has 0 bridgehead atoms. The average molecular weight is 473 g/mol. The van der Waals surface area contributed by atoms with Gasteiger partial charge in [0.05, 0.1) is 0 Å². The SMILES string of the molecule is CCC[N](CCC)[Ge]([N](CCC)CCC)([N](CCC)CCC)[N](CCC)CCC. The fourth-order valence-electron chi connectivity index (χ4n) is 5.01. The van der Waals surface area contributed by atoms with Crippen LogP contribution in [0.1, 0.15) is 107 Å². The Bertz CT molecular complexity index is 273. The molecule has 0 spiro atoms. The van der Waals surface area contributed by atoms with Crippen LogP contribution in [0.3, 0.4) is 0 Å². The van der Waals surface area contributed by atoms with Crippen LogP contribution in [0.15, 0.2) is 0 Å². The van der Waals surface area contributed by atoms with Gasteiger partial charge >= 0.3 is 189 Å². The molecule has 0 aromatic heterocycles. The van der Waals surface area contributed by atoms with Crippen LogP contribution in [-0.2, 0) is 0 Å². The Kier molecular flexibility index (Phi) is 18.2. The van der Waals surface area contributed by atoms with Gasteiger partial charge in [-0.25, -0.2) is 0 Å². The first-order chi connectivity index (χ1) is 14.1. The van der Waals surface area contributed by atoms with Crippen LogP contribution >= 0.6 is 0 Å². The van der Waals surface area contributed by atoms with Gasteiger partial charge < -0.3 is 0 Å². The predicted molar refractivity (Wildman–Crippen MR) is 134 cm³/mol. The van der Waals surface area contributed by atoms with Crippen LogP contribution in [0.2, 0.25) is 0 Å². The summed E-state index contributed by atoms with van der Waals surface area (Å²) in [5.41, 5.74) is 0. The summed E-state index contributed by atoms with van der Waals surface area (Å²) in [7, 11) is 0. The molecule has 0 fully saturated rings. The monoisotopic (exact) mass is 474 g/mol. The zero-order valence-corrected chi connectivity index (χ0v) is 23.7. The van der Waals surface area contributed by atoms with Gasteiger partial charge in [0.1, 0.15) is 0 Å². The van der Waals surface area contributed by atoms with Gasteiger partial charge in [0.25, 0.3) is 0 Å². The van der Waals surface area contributed by atoms with Gasteiger partial charge in [-0.2, -0.15) is 0 Å². The minimum absolute atomic E-state index is 1.26. The van der Waals surface area contributed by atoms with E-state index in [9.17, 15) is 0 Å². The van der Waals surface area contributed by atoms with E-state index in [-0.39, 0.29) is 0 Å². The van der Waals surface area contributed by atoms with Crippen LogP contribution < -0.4 is 0 Å². The van der Waals surface area contributed by atoms with Gasteiger partial charge in [-0.15, -0.1) is 0 Å². The van der Waals surface area contributed by atoms with Crippen molar-refractivity contribution in [2.24, 2.45) is 0 Å². The van der Waals surface area contributed by atoms with Crippen LogP contribution in [0.4, 0.5) is 0 Å². The summed E-state index contributed by atoms with van der Waals surface area (Å²) in [6.07, 6.45) is 10.1. The number of rotatable bonds is 20. The zero-order chi connectivity index (χ0) is 22.1. The molecule has 0 N–H and O–H groups in total. The Hall–Kier alpha value is 0.383. The van der Waals surface area contributed by atoms with Crippen LogP contribution in [0, 0.1) is 0 Å². The summed E-state index contributed by atoms with van der Waals surface area (Å²) in [6, 6.07) is 0. The van der Waals surface area contributed by atoms with E-state index in [0.29, 0.717) is 0 Å². The third-order valence-electron chi connectivity index (χ3n) is 5.65. The van der Waals surface area contributed by atoms with Crippen molar-refractivity contribution in [2.45, 2.75) is 107 Å². The molecule has 0 aromatic rings. The van der Waals surface area contributed by atoms with Crippen molar-refractivity contribution >= 4 is 14.2 Å². The molecule has 4 nitrogen and oxygen atoms in total. The first kappa shape index (κ1) is 29.4. The molecule has 0 aromatic carbocycles. The van der Waals surface area contributed by atoms with Crippen molar-refractivity contribution in [1.82, 2.24) is 15.4 Å². The Labute approximate surface area is 188 Å². The van der Waals surface area contributed by atoms with E-state index in [1.165, 1.54) is 104 Å². The summed E-state index contributed by atoms with van der Waals surface area (Å²) in [5.74, 6) is 0. The second-order valence-corrected chi connectivity index (χ2v) is 16.4. The molecule has 0 amide bonds. The normalized spacial score (nSPS) is 12.8. The molecule has 0 unspecified atom stereocenters. The topological polar surface area (TPSA) is 13.0 Å². The summed E-state index contributed by atoms with van der Waals surface area (Å²) < 4.78 is 12.2. The van der Waals surface area contributed by atoms with Gasteiger partial charge in [0.15, 0.2) is 0 Å². The van der Waals surface area contributed by atoms with Crippen LogP contribution in [-0.4, -0.2) is 81.9 Å². The molecule has 176 valence electrons. The van der Waals surface area contributed by atoms with Crippen molar-refractivity contribution in [3.8, 4) is 0 Å². The first-order valence-corrected chi connectivity index (χ1v) is 16.8. The van der Waals surface area contributed by atoms with E-state index in [2.05, 4.69) is 70.8 Å². The van der Waals surface area contributed by atoms with Crippen molar-refractivity contribution in [3.05, 3.63) is 0 Å². The Morgan fingerprint density at radius 3 is 0.552 bits per heavy atom. The number of hydrogen-bond acceptors (Lipinski definition) is 4. The summed E-state index contributed by atoms with van der Waals surface area (Å²) in [4.78, 5) is 0. The van der Waals surface area contributed by atoms with E-state index in [1.807, 2.05) is 0 Å². The van der Waals surface area contributed by atoms with Gasteiger partial charge in [-0.3, -0.25) is 0 Å². The van der Waals surface area contributed by atoms with E-state index < -0.39 is 14.2 Å². The Morgan fingerprint density at radius 2 is 0.448 bits per heavy atom. The van der Waals surface area contributed by atoms with Crippen LogP contribution in [0.25, 0.3) is 0 Å². The molecule has 0 heterocycles. The quantitative estimate of drug-likeness (QED) is 0.204. The Morgan fingerprint density at radius 1 is 0.310 bits per heavy atom. The summed E-state index contributed by atoms with van der Waals surface area (Å²) in [5, 5.41) is 0. The van der Waals surface area contributed by atoms with Gasteiger partial charge in [0.2, 0.25) is 0 Å². The molecule has 0 saturated heterocycles. The van der Waals surface area contributed by atoms with E-state index in [0.717, 1.165) is 0 Å². The second kappa shape index (κ2) is 18.0. The summed E-state index contributed by atoms with van der Waals surface area (Å²) >= 11 is -2.87. The molecular weight excluding hydrogens is 417 g/mol. The average Bonchev–Trinajstić information content (AvgIpc) is 2.70. The third-order valence-corrected chi connectivity index (χ3v) is 16.5. The molecule has 29 heavy (non-hydrogen) atoms. The molecule has 0 saturated carbocycles. The number of hydrogen-bond donors (Lipinski definition) is 0. The van der Waals surface area contributed by atoms with Crippen molar-refractivity contribution in [2.75, 3.05) is 52.4 Å². The minimum atomic E-state index is -2.87. The molecule has 0 aliphatic carbocycles. The summed E-state index contributed by atoms with van der Waals surface area (Å²) in [6.45, 7) is 29.1. The van der Waals surface area contributed by atoms with Gasteiger partial charge in [-0.05, 0) is 0 Å². The maximum absolute atomic E-state index is 3.04. The van der Waals surface area contributed by atoms with Crippen LogP contribution in [0.5, 0.6) is 0 Å². The molecule has 0 aliphatic rings. The van der Waals surface area contributed by atoms with E-state index in [4.69, 9.17) is 0 Å². The fourth-order valence-corrected chi connectivity index (χ4v) is 18.8. The van der Waals surface area contributed by atoms with Crippen molar-refractivity contribution in [3.63, 3.8) is 0 Å². The van der Waals surface area contributed by atoms with E-state index in [1.54, 1.807) is 0 Å². The van der Waals surface area contributed by atoms with Gasteiger partial charge in [-0.1, -0.05) is 0 Å². The molecule has 5 heteroatoms. The Balaban J connectivity index is 6.80. The predicted octanol–water partition coefficient (Wildman–Crippen LogP) is 5.91. The fraction of sp³-hybridized carbons (Fsp3) is 1.00. The first-order valence-electron chi connectivity index (χ1n) is 13.1. The van der Waals surface area contributed by atoms with Crippen molar-refractivity contribution < 1.29 is 0 Å². The molecule has 0 atom stereocenters. The molecular formula is C24H56GeN4. The van der Waals surface area contributed by atoms with Gasteiger partial charge in [0, 0.05) is 0 Å². The zero-order valence-electron chi connectivity index (χ0n) is 21.6. The molecule has 0 radical (unpaired) electrons. The molecule has 0 rings (SSSR count). The second-order valence-electron chi connectivity index (χ2n) is 8.55.